The summed E-state index contributed by atoms with van der Waals surface area (Å²) in [5, 5.41) is 0. The van der Waals surface area contributed by atoms with Crippen LogP contribution < -0.4 is 0 Å². The molecule has 3 heteroatoms. The third-order valence-corrected chi connectivity index (χ3v) is 3.06. The van der Waals surface area contributed by atoms with Crippen LogP contribution >= 0.6 is 0 Å². The minimum Gasteiger partial charge on any atom is -0.369 e. The number of allylic oxidation sites excluding steroid dienone is 2. The second kappa shape index (κ2) is 3.59. The maximum atomic E-state index is 11.3. The summed E-state index contributed by atoms with van der Waals surface area (Å²) in [6.45, 7) is 10.2. The molecule has 1 heterocycles. The van der Waals surface area contributed by atoms with Crippen molar-refractivity contribution in [2.45, 2.75) is 51.7 Å². The number of nitrogens with zero attached hydrogens (tertiary/aromatic N) is 1. The monoisotopic (exact) mass is 223 g/mol. The van der Waals surface area contributed by atoms with Crippen molar-refractivity contribution in [2.75, 3.05) is 13.1 Å². The largest absolute Gasteiger partial charge is 0.369 e. The highest BCUT2D eigenvalue weighted by Crippen LogP contribution is 2.32. The van der Waals surface area contributed by atoms with Crippen LogP contribution in [0.2, 0.25) is 0 Å². The molecule has 16 heavy (non-hydrogen) atoms. The maximum absolute atomic E-state index is 11.3. The molecule has 0 aromatic carbocycles. The predicted octanol–water partition coefficient (Wildman–Crippen LogP) is 2.12. The highest BCUT2D eigenvalue weighted by atomic mass is 16.5. The van der Waals surface area contributed by atoms with Gasteiger partial charge in [0.05, 0.1) is 11.2 Å². The van der Waals surface area contributed by atoms with Crippen LogP contribution in [-0.2, 0) is 9.53 Å². The Morgan fingerprint density at radius 3 is 2.12 bits per heavy atom. The zero-order chi connectivity index (χ0) is 12.0. The van der Waals surface area contributed by atoms with Crippen molar-refractivity contribution in [1.82, 2.24) is 4.90 Å². The lowest BCUT2D eigenvalue weighted by atomic mass is 9.98. The number of carbonyl (C=O) groups is 1. The van der Waals surface area contributed by atoms with E-state index in [2.05, 4.69) is 32.6 Å². The Morgan fingerprint density at radius 2 is 1.69 bits per heavy atom. The summed E-state index contributed by atoms with van der Waals surface area (Å²) in [6.07, 6.45) is 3.37. The van der Waals surface area contributed by atoms with Crippen LogP contribution in [0.4, 0.5) is 0 Å². The van der Waals surface area contributed by atoms with Crippen molar-refractivity contribution >= 4 is 5.78 Å². The van der Waals surface area contributed by atoms with E-state index in [1.165, 1.54) is 5.70 Å². The quantitative estimate of drug-likeness (QED) is 0.682. The summed E-state index contributed by atoms with van der Waals surface area (Å²) in [7, 11) is 0. The first-order valence-corrected chi connectivity index (χ1v) is 5.96. The minimum absolute atomic E-state index is 0.145. The molecule has 2 rings (SSSR count). The molecule has 0 unspecified atom stereocenters. The van der Waals surface area contributed by atoms with Gasteiger partial charge in [-0.05, 0) is 34.1 Å². The Balaban J connectivity index is 2.17. The molecule has 0 radical (unpaired) electrons. The number of ether oxygens (including phenoxy) is 1. The van der Waals surface area contributed by atoms with Gasteiger partial charge in [0.2, 0.25) is 0 Å². The predicted molar refractivity (Wildman–Crippen MR) is 63.1 cm³/mol. The van der Waals surface area contributed by atoms with Crippen molar-refractivity contribution in [2.24, 2.45) is 0 Å². The number of carbonyl (C=O) groups excluding carboxylic acids is 1. The summed E-state index contributed by atoms with van der Waals surface area (Å²) in [4.78, 5) is 13.6. The van der Waals surface area contributed by atoms with Gasteiger partial charge in [-0.1, -0.05) is 0 Å². The van der Waals surface area contributed by atoms with Crippen molar-refractivity contribution in [3.05, 3.63) is 11.8 Å². The lowest BCUT2D eigenvalue weighted by Gasteiger charge is -2.48. The van der Waals surface area contributed by atoms with E-state index in [0.717, 1.165) is 19.5 Å². The van der Waals surface area contributed by atoms with Crippen LogP contribution in [-0.4, -0.2) is 35.0 Å². The summed E-state index contributed by atoms with van der Waals surface area (Å²) < 4.78 is 6.02. The maximum Gasteiger partial charge on any atom is 0.157 e. The van der Waals surface area contributed by atoms with E-state index < -0.39 is 0 Å². The molecule has 0 bridgehead atoms. The normalized spacial score (nSPS) is 28.1. The van der Waals surface area contributed by atoms with Gasteiger partial charge in [0.15, 0.2) is 5.78 Å². The lowest BCUT2D eigenvalue weighted by molar-refractivity contribution is -0.174. The highest BCUT2D eigenvalue weighted by Gasteiger charge is 2.39. The molecule has 0 saturated carbocycles. The van der Waals surface area contributed by atoms with Crippen LogP contribution in [0.3, 0.4) is 0 Å². The van der Waals surface area contributed by atoms with Gasteiger partial charge in [-0.3, -0.25) is 4.79 Å². The van der Waals surface area contributed by atoms with Gasteiger partial charge in [-0.2, -0.15) is 0 Å². The average molecular weight is 223 g/mol. The van der Waals surface area contributed by atoms with E-state index in [4.69, 9.17) is 4.74 Å². The minimum atomic E-state index is -0.145. The van der Waals surface area contributed by atoms with Crippen molar-refractivity contribution in [3.8, 4) is 0 Å². The highest BCUT2D eigenvalue weighted by molar-refractivity contribution is 5.92. The molecular weight excluding hydrogens is 202 g/mol. The fourth-order valence-electron chi connectivity index (χ4n) is 2.82. The first-order valence-electron chi connectivity index (χ1n) is 5.96. The molecule has 3 nitrogen and oxygen atoms in total. The van der Waals surface area contributed by atoms with E-state index in [9.17, 15) is 4.79 Å². The first-order chi connectivity index (χ1) is 7.27. The summed E-state index contributed by atoms with van der Waals surface area (Å²) in [5.74, 6) is 0.261. The van der Waals surface area contributed by atoms with Crippen molar-refractivity contribution < 1.29 is 9.53 Å². The Kier molecular flexibility index (Phi) is 2.61. The van der Waals surface area contributed by atoms with Gasteiger partial charge in [-0.25, -0.2) is 0 Å². The van der Waals surface area contributed by atoms with E-state index in [1.54, 1.807) is 6.08 Å². The molecule has 0 atom stereocenters. The van der Waals surface area contributed by atoms with E-state index in [0.29, 0.717) is 6.42 Å². The second-order valence-corrected chi connectivity index (χ2v) is 6.08. The number of rotatable bonds is 1. The summed E-state index contributed by atoms with van der Waals surface area (Å²) >= 11 is 0. The van der Waals surface area contributed by atoms with Crippen LogP contribution in [0, 0.1) is 0 Å². The fraction of sp³-hybridized carbons (Fsp3) is 0.769. The average Bonchev–Trinajstić information content (AvgIpc) is 2.45. The summed E-state index contributed by atoms with van der Waals surface area (Å²) in [5.41, 5.74) is 0.900. The smallest absolute Gasteiger partial charge is 0.157 e. The number of hydrogen-bond donors (Lipinski definition) is 0. The van der Waals surface area contributed by atoms with E-state index >= 15 is 0 Å². The van der Waals surface area contributed by atoms with Gasteiger partial charge in [-0.15, -0.1) is 0 Å². The van der Waals surface area contributed by atoms with Gasteiger partial charge in [0, 0.05) is 31.3 Å². The number of morpholine rings is 1. The SMILES string of the molecule is CC1(C)CN(C2=CC(=O)CC2)CC(C)(C)O1. The fourth-order valence-corrected chi connectivity index (χ4v) is 2.82. The molecule has 1 saturated heterocycles. The first kappa shape index (κ1) is 11.6. The lowest BCUT2D eigenvalue weighted by Crippen LogP contribution is -2.56. The molecule has 0 N–H and O–H groups in total. The molecule has 1 fully saturated rings. The third kappa shape index (κ3) is 2.46. The van der Waals surface area contributed by atoms with Crippen LogP contribution in [0.15, 0.2) is 11.8 Å². The standard InChI is InChI=1S/C13H21NO2/c1-12(2)8-14(9-13(3,4)16-12)10-5-6-11(15)7-10/h7H,5-6,8-9H2,1-4H3. The number of hydrogen-bond acceptors (Lipinski definition) is 3. The third-order valence-electron chi connectivity index (χ3n) is 3.06. The molecular formula is C13H21NO2. The second-order valence-electron chi connectivity index (χ2n) is 6.08. The molecule has 0 aromatic rings. The zero-order valence-electron chi connectivity index (χ0n) is 10.7. The van der Waals surface area contributed by atoms with Gasteiger partial charge in [0.25, 0.3) is 0 Å². The molecule has 1 aliphatic carbocycles. The molecule has 2 aliphatic rings. The van der Waals surface area contributed by atoms with E-state index in [-0.39, 0.29) is 17.0 Å². The molecule has 0 aromatic heterocycles. The van der Waals surface area contributed by atoms with E-state index in [1.807, 2.05) is 0 Å². The topological polar surface area (TPSA) is 29.5 Å². The Morgan fingerprint density at radius 1 is 1.12 bits per heavy atom. The Bertz CT molecular complexity index is 326. The molecule has 0 spiro atoms. The van der Waals surface area contributed by atoms with Gasteiger partial charge in [0.1, 0.15) is 0 Å². The summed E-state index contributed by atoms with van der Waals surface area (Å²) in [6, 6.07) is 0. The van der Waals surface area contributed by atoms with Crippen LogP contribution in [0.1, 0.15) is 40.5 Å². The molecule has 0 amide bonds. The van der Waals surface area contributed by atoms with Gasteiger partial charge < -0.3 is 9.64 Å². The van der Waals surface area contributed by atoms with Crippen molar-refractivity contribution in [1.29, 1.82) is 0 Å². The van der Waals surface area contributed by atoms with Crippen molar-refractivity contribution in [3.63, 3.8) is 0 Å². The molecule has 90 valence electrons. The number of ketones is 1. The Hall–Kier alpha value is -0.830. The van der Waals surface area contributed by atoms with Crippen LogP contribution in [0.25, 0.3) is 0 Å². The Labute approximate surface area is 97.5 Å². The molecule has 1 aliphatic heterocycles. The van der Waals surface area contributed by atoms with Gasteiger partial charge >= 0.3 is 0 Å². The zero-order valence-corrected chi connectivity index (χ0v) is 10.7. The van der Waals surface area contributed by atoms with Crippen LogP contribution in [0.5, 0.6) is 0 Å².